The molecule has 4 rings (SSSR count). The van der Waals surface area contributed by atoms with Gasteiger partial charge in [-0.3, -0.25) is 4.84 Å². The minimum absolute atomic E-state index is 0.144. The molecule has 6 nitrogen and oxygen atoms in total. The minimum Gasteiger partial charge on any atom is -0.390 e. The zero-order chi connectivity index (χ0) is 25.7. The Balaban J connectivity index is 1.46. The van der Waals surface area contributed by atoms with Crippen molar-refractivity contribution < 1.29 is 19.1 Å². The highest BCUT2D eigenvalue weighted by Gasteiger charge is 2.24. The van der Waals surface area contributed by atoms with Crippen LogP contribution in [0.4, 0.5) is 4.39 Å². The molecule has 0 bridgehead atoms. The van der Waals surface area contributed by atoms with Gasteiger partial charge in [0.05, 0.1) is 18.8 Å². The number of hydroxylamine groups is 2. The van der Waals surface area contributed by atoms with Crippen LogP contribution in [0.3, 0.4) is 0 Å². The first-order valence-corrected chi connectivity index (χ1v) is 13.0. The molecule has 0 radical (unpaired) electrons. The second-order valence-electron chi connectivity index (χ2n) is 10.5. The Hall–Kier alpha value is -2.29. The van der Waals surface area contributed by atoms with Crippen molar-refractivity contribution in [3.05, 3.63) is 70.7 Å². The molecule has 0 saturated carbocycles. The van der Waals surface area contributed by atoms with Gasteiger partial charge in [0, 0.05) is 56.0 Å². The van der Waals surface area contributed by atoms with Gasteiger partial charge >= 0.3 is 0 Å². The lowest BCUT2D eigenvalue weighted by molar-refractivity contribution is -0.180. The molecule has 36 heavy (non-hydrogen) atoms. The minimum atomic E-state index is -0.717. The quantitative estimate of drug-likeness (QED) is 0.394. The molecule has 0 aliphatic carbocycles. The van der Waals surface area contributed by atoms with Gasteiger partial charge in [-0.15, -0.1) is 0 Å². The molecule has 0 amide bonds. The SMILES string of the molecule is COCCn1cc(CON2CCC(c3cc(CN)ccc3F)CC2)c2c(CCC(C)(C)O)cccc21. The van der Waals surface area contributed by atoms with Crippen molar-refractivity contribution in [1.82, 2.24) is 9.63 Å². The highest BCUT2D eigenvalue weighted by Crippen LogP contribution is 2.32. The summed E-state index contributed by atoms with van der Waals surface area (Å²) in [4.78, 5) is 6.28. The Bertz CT molecular complexity index is 1150. The highest BCUT2D eigenvalue weighted by molar-refractivity contribution is 5.87. The van der Waals surface area contributed by atoms with E-state index in [1.54, 1.807) is 13.2 Å². The predicted molar refractivity (Wildman–Crippen MR) is 141 cm³/mol. The maximum absolute atomic E-state index is 14.5. The number of hydrogen-bond donors (Lipinski definition) is 2. The zero-order valence-corrected chi connectivity index (χ0v) is 21.8. The summed E-state index contributed by atoms with van der Waals surface area (Å²) in [7, 11) is 1.71. The Morgan fingerprint density at radius 3 is 2.61 bits per heavy atom. The second-order valence-corrected chi connectivity index (χ2v) is 10.5. The van der Waals surface area contributed by atoms with Crippen molar-refractivity contribution >= 4 is 10.9 Å². The Morgan fingerprint density at radius 1 is 1.14 bits per heavy atom. The molecule has 1 fully saturated rings. The number of aliphatic hydroxyl groups is 1. The van der Waals surface area contributed by atoms with E-state index in [-0.39, 0.29) is 11.7 Å². The molecule has 1 aliphatic heterocycles. The summed E-state index contributed by atoms with van der Waals surface area (Å²) >= 11 is 0. The van der Waals surface area contributed by atoms with Crippen LogP contribution in [0.15, 0.2) is 42.6 Å². The van der Waals surface area contributed by atoms with Gasteiger partial charge in [0.15, 0.2) is 0 Å². The standard InChI is InChI=1S/C29H40FN3O3/c1-29(2,34)12-9-23-5-4-6-27-28(23)24(19-32(27)15-16-35-3)20-36-33-13-10-22(11-14-33)25-17-21(18-31)7-8-26(25)30/h4-8,17,19,22,34H,9-16,18,20,31H2,1-3H3. The molecule has 3 N–H and O–H groups in total. The average Bonchev–Trinajstić information content (AvgIpc) is 3.23. The number of aromatic nitrogens is 1. The molecule has 1 saturated heterocycles. The van der Waals surface area contributed by atoms with Crippen molar-refractivity contribution in [2.24, 2.45) is 5.73 Å². The number of halogens is 1. The van der Waals surface area contributed by atoms with E-state index in [9.17, 15) is 9.50 Å². The Morgan fingerprint density at radius 2 is 1.92 bits per heavy atom. The molecule has 3 aromatic rings. The smallest absolute Gasteiger partial charge is 0.126 e. The zero-order valence-electron chi connectivity index (χ0n) is 21.8. The van der Waals surface area contributed by atoms with Gasteiger partial charge in [-0.1, -0.05) is 24.3 Å². The van der Waals surface area contributed by atoms with E-state index in [0.717, 1.165) is 61.1 Å². The van der Waals surface area contributed by atoms with Gasteiger partial charge in [0.1, 0.15) is 5.82 Å². The third-order valence-corrected chi connectivity index (χ3v) is 7.21. The fourth-order valence-electron chi connectivity index (χ4n) is 5.14. The number of piperidine rings is 1. The first kappa shape index (κ1) is 26.8. The normalized spacial score (nSPS) is 15.7. The molecule has 0 atom stereocenters. The van der Waals surface area contributed by atoms with Crippen molar-refractivity contribution in [3.8, 4) is 0 Å². The molecule has 2 aromatic carbocycles. The maximum atomic E-state index is 14.5. The fraction of sp³-hybridized carbons (Fsp3) is 0.517. The van der Waals surface area contributed by atoms with Crippen LogP contribution in [0.25, 0.3) is 10.9 Å². The molecule has 0 spiro atoms. The summed E-state index contributed by atoms with van der Waals surface area (Å²) < 4.78 is 22.0. The molecule has 2 heterocycles. The van der Waals surface area contributed by atoms with Crippen LogP contribution in [0, 0.1) is 5.82 Å². The average molecular weight is 498 g/mol. The van der Waals surface area contributed by atoms with E-state index in [4.69, 9.17) is 15.3 Å². The van der Waals surface area contributed by atoms with Gasteiger partial charge < -0.3 is 20.1 Å². The number of aryl methyl sites for hydroxylation is 1. The van der Waals surface area contributed by atoms with E-state index >= 15 is 0 Å². The second kappa shape index (κ2) is 11.8. The third kappa shape index (κ3) is 6.52. The monoisotopic (exact) mass is 497 g/mol. The first-order chi connectivity index (χ1) is 17.3. The van der Waals surface area contributed by atoms with Crippen LogP contribution in [-0.2, 0) is 35.7 Å². The number of methoxy groups -OCH3 is 1. The van der Waals surface area contributed by atoms with Crippen LogP contribution in [-0.4, -0.2) is 47.1 Å². The van der Waals surface area contributed by atoms with Gasteiger partial charge in [0.2, 0.25) is 0 Å². The molecule has 196 valence electrons. The third-order valence-electron chi connectivity index (χ3n) is 7.21. The Kier molecular flexibility index (Phi) is 8.80. The summed E-state index contributed by atoms with van der Waals surface area (Å²) in [6.07, 6.45) is 5.33. The van der Waals surface area contributed by atoms with E-state index in [1.165, 1.54) is 17.0 Å². The van der Waals surface area contributed by atoms with Gasteiger partial charge in [-0.05, 0) is 74.3 Å². The number of nitrogens with zero attached hydrogens (tertiary/aromatic N) is 2. The molecule has 7 heteroatoms. The molecule has 0 unspecified atom stereocenters. The van der Waals surface area contributed by atoms with Crippen LogP contribution in [0.1, 0.15) is 61.3 Å². The largest absolute Gasteiger partial charge is 0.390 e. The van der Waals surface area contributed by atoms with Crippen molar-refractivity contribution in [2.75, 3.05) is 26.8 Å². The first-order valence-electron chi connectivity index (χ1n) is 13.0. The van der Waals surface area contributed by atoms with Crippen molar-refractivity contribution in [2.45, 2.75) is 70.7 Å². The van der Waals surface area contributed by atoms with E-state index in [1.807, 2.05) is 25.0 Å². The summed E-state index contributed by atoms with van der Waals surface area (Å²) in [5.74, 6) is 0.0368. The lowest BCUT2D eigenvalue weighted by Gasteiger charge is -2.31. The van der Waals surface area contributed by atoms with E-state index in [2.05, 4.69) is 29.0 Å². The molecular formula is C29H40FN3O3. The van der Waals surface area contributed by atoms with E-state index in [0.29, 0.717) is 26.2 Å². The van der Waals surface area contributed by atoms with Crippen molar-refractivity contribution in [3.63, 3.8) is 0 Å². The fourth-order valence-corrected chi connectivity index (χ4v) is 5.14. The summed E-state index contributed by atoms with van der Waals surface area (Å²) in [5.41, 5.74) is 10.3. The Labute approximate surface area is 213 Å². The lowest BCUT2D eigenvalue weighted by atomic mass is 9.89. The van der Waals surface area contributed by atoms with Gasteiger partial charge in [-0.2, -0.15) is 5.06 Å². The van der Waals surface area contributed by atoms with Gasteiger partial charge in [-0.25, -0.2) is 4.39 Å². The summed E-state index contributed by atoms with van der Waals surface area (Å²) in [5, 5.41) is 13.5. The summed E-state index contributed by atoms with van der Waals surface area (Å²) in [6, 6.07) is 11.6. The summed E-state index contributed by atoms with van der Waals surface area (Å²) in [6.45, 7) is 7.50. The van der Waals surface area contributed by atoms with Crippen LogP contribution in [0.5, 0.6) is 0 Å². The van der Waals surface area contributed by atoms with Crippen LogP contribution >= 0.6 is 0 Å². The number of hydrogen-bond acceptors (Lipinski definition) is 5. The van der Waals surface area contributed by atoms with Crippen LogP contribution in [0.2, 0.25) is 0 Å². The molecule has 1 aliphatic rings. The molecule has 1 aromatic heterocycles. The number of benzene rings is 2. The predicted octanol–water partition coefficient (Wildman–Crippen LogP) is 4.90. The van der Waals surface area contributed by atoms with Crippen LogP contribution < -0.4 is 5.73 Å². The van der Waals surface area contributed by atoms with Gasteiger partial charge in [0.25, 0.3) is 0 Å². The number of rotatable bonds is 11. The lowest BCUT2D eigenvalue weighted by Crippen LogP contribution is -2.33. The number of fused-ring (bicyclic) bond motifs is 1. The topological polar surface area (TPSA) is 72.9 Å². The van der Waals surface area contributed by atoms with E-state index < -0.39 is 5.60 Å². The maximum Gasteiger partial charge on any atom is 0.126 e. The van der Waals surface area contributed by atoms with Crippen molar-refractivity contribution in [1.29, 1.82) is 0 Å². The highest BCUT2D eigenvalue weighted by atomic mass is 19.1. The number of nitrogens with two attached hydrogens (primary N) is 1. The molecular weight excluding hydrogens is 457 g/mol. The number of ether oxygens (including phenoxy) is 1.